The molecule has 1 fully saturated rings. The maximum Gasteiger partial charge on any atom is 0.411 e. The standard InChI is InChI=1S/C24H30ClN3O5/c1-31-21-11-8-15(13-22(21)32-2)23(29)28(20-7-5-4-6-19(20)26)14-16-12-17(9-10-18(16)25)27-24(30)33-3/h8-13,19-20H,4-7,14,26H2,1-3H3,(H,27,30). The monoisotopic (exact) mass is 475 g/mol. The minimum atomic E-state index is -0.587. The first-order valence-corrected chi connectivity index (χ1v) is 11.2. The molecule has 3 rings (SSSR count). The molecule has 33 heavy (non-hydrogen) atoms. The highest BCUT2D eigenvalue weighted by molar-refractivity contribution is 6.31. The number of nitrogens with two attached hydrogens (primary N) is 1. The summed E-state index contributed by atoms with van der Waals surface area (Å²) < 4.78 is 15.3. The average Bonchev–Trinajstić information content (AvgIpc) is 2.83. The highest BCUT2D eigenvalue weighted by Gasteiger charge is 2.32. The van der Waals surface area contributed by atoms with Gasteiger partial charge in [-0.2, -0.15) is 0 Å². The van der Waals surface area contributed by atoms with Gasteiger partial charge in [0.05, 0.1) is 21.3 Å². The molecule has 0 spiro atoms. The van der Waals surface area contributed by atoms with E-state index in [1.807, 2.05) is 0 Å². The molecule has 1 saturated carbocycles. The fourth-order valence-electron chi connectivity index (χ4n) is 4.13. The number of hydrogen-bond acceptors (Lipinski definition) is 6. The summed E-state index contributed by atoms with van der Waals surface area (Å²) in [6.45, 7) is 0.237. The Kier molecular flexibility index (Phi) is 8.41. The van der Waals surface area contributed by atoms with Crippen LogP contribution >= 0.6 is 11.6 Å². The molecule has 0 saturated heterocycles. The Morgan fingerprint density at radius 3 is 2.45 bits per heavy atom. The highest BCUT2D eigenvalue weighted by atomic mass is 35.5. The summed E-state index contributed by atoms with van der Waals surface area (Å²) in [7, 11) is 4.37. The zero-order chi connectivity index (χ0) is 24.0. The fraction of sp³-hybridized carbons (Fsp3) is 0.417. The second kappa shape index (κ2) is 11.2. The van der Waals surface area contributed by atoms with E-state index in [0.717, 1.165) is 25.7 Å². The lowest BCUT2D eigenvalue weighted by Crippen LogP contribution is -2.51. The number of anilines is 1. The summed E-state index contributed by atoms with van der Waals surface area (Å²) >= 11 is 6.47. The smallest absolute Gasteiger partial charge is 0.411 e. The van der Waals surface area contributed by atoms with E-state index in [4.69, 9.17) is 26.8 Å². The van der Waals surface area contributed by atoms with Gasteiger partial charge in [0, 0.05) is 34.9 Å². The molecule has 0 heterocycles. The van der Waals surface area contributed by atoms with E-state index < -0.39 is 6.09 Å². The lowest BCUT2D eigenvalue weighted by Gasteiger charge is -2.39. The normalized spacial score (nSPS) is 17.7. The highest BCUT2D eigenvalue weighted by Crippen LogP contribution is 2.31. The number of nitrogens with zero attached hydrogens (tertiary/aromatic N) is 1. The van der Waals surface area contributed by atoms with Crippen LogP contribution in [0.15, 0.2) is 36.4 Å². The van der Waals surface area contributed by atoms with E-state index in [0.29, 0.717) is 33.3 Å². The fourth-order valence-corrected chi connectivity index (χ4v) is 4.31. The van der Waals surface area contributed by atoms with Crippen molar-refractivity contribution in [2.24, 2.45) is 5.73 Å². The number of amides is 2. The molecule has 2 atom stereocenters. The van der Waals surface area contributed by atoms with Crippen LogP contribution in [0.3, 0.4) is 0 Å². The first-order chi connectivity index (χ1) is 15.9. The van der Waals surface area contributed by atoms with Crippen molar-refractivity contribution < 1.29 is 23.8 Å². The van der Waals surface area contributed by atoms with Crippen molar-refractivity contribution in [2.75, 3.05) is 26.6 Å². The Hall–Kier alpha value is -2.97. The van der Waals surface area contributed by atoms with Gasteiger partial charge in [-0.3, -0.25) is 10.1 Å². The van der Waals surface area contributed by atoms with Gasteiger partial charge >= 0.3 is 6.09 Å². The van der Waals surface area contributed by atoms with Crippen LogP contribution in [0, 0.1) is 0 Å². The van der Waals surface area contributed by atoms with E-state index in [2.05, 4.69) is 10.1 Å². The van der Waals surface area contributed by atoms with Crippen molar-refractivity contribution in [3.05, 3.63) is 52.5 Å². The van der Waals surface area contributed by atoms with Gasteiger partial charge < -0.3 is 24.8 Å². The van der Waals surface area contributed by atoms with Crippen LogP contribution < -0.4 is 20.5 Å². The molecule has 3 N–H and O–H groups in total. The Morgan fingerprint density at radius 2 is 1.79 bits per heavy atom. The van der Waals surface area contributed by atoms with Crippen LogP contribution in [0.1, 0.15) is 41.6 Å². The van der Waals surface area contributed by atoms with Gasteiger partial charge in [-0.1, -0.05) is 24.4 Å². The molecule has 2 unspecified atom stereocenters. The van der Waals surface area contributed by atoms with Crippen LogP contribution in [0.5, 0.6) is 11.5 Å². The van der Waals surface area contributed by atoms with Crippen molar-refractivity contribution in [3.63, 3.8) is 0 Å². The molecule has 9 heteroatoms. The molecule has 1 aliphatic carbocycles. The number of benzene rings is 2. The summed E-state index contributed by atoms with van der Waals surface area (Å²) in [6.07, 6.45) is 3.09. The largest absolute Gasteiger partial charge is 0.493 e. The number of carbonyl (C=O) groups excluding carboxylic acids is 2. The predicted octanol–water partition coefficient (Wildman–Crippen LogP) is 4.45. The summed E-state index contributed by atoms with van der Waals surface area (Å²) in [4.78, 5) is 27.1. The van der Waals surface area contributed by atoms with Crippen molar-refractivity contribution in [2.45, 2.75) is 44.3 Å². The number of hydrogen-bond donors (Lipinski definition) is 2. The molecular weight excluding hydrogens is 446 g/mol. The third kappa shape index (κ3) is 5.89. The van der Waals surface area contributed by atoms with Crippen LogP contribution in [-0.4, -0.2) is 50.3 Å². The average molecular weight is 476 g/mol. The number of ether oxygens (including phenoxy) is 3. The Labute approximate surface area is 198 Å². The topological polar surface area (TPSA) is 103 Å². The number of rotatable bonds is 7. The van der Waals surface area contributed by atoms with Gasteiger partial charge in [-0.25, -0.2) is 4.79 Å². The van der Waals surface area contributed by atoms with Crippen LogP contribution in [0.4, 0.5) is 10.5 Å². The maximum absolute atomic E-state index is 13.7. The maximum atomic E-state index is 13.7. The SMILES string of the molecule is COC(=O)Nc1ccc(Cl)c(CN(C(=O)c2ccc(OC)c(OC)c2)C2CCCCC2N)c1. The third-order valence-electron chi connectivity index (χ3n) is 5.89. The van der Waals surface area contributed by atoms with Crippen molar-refractivity contribution >= 4 is 29.3 Å². The van der Waals surface area contributed by atoms with Crippen molar-refractivity contribution in [1.29, 1.82) is 0 Å². The first kappa shape index (κ1) is 24.7. The van der Waals surface area contributed by atoms with Gasteiger partial charge in [0.25, 0.3) is 5.91 Å². The lowest BCUT2D eigenvalue weighted by molar-refractivity contribution is 0.0583. The zero-order valence-corrected chi connectivity index (χ0v) is 19.9. The summed E-state index contributed by atoms with van der Waals surface area (Å²) in [5.41, 5.74) is 8.13. The zero-order valence-electron chi connectivity index (χ0n) is 19.1. The molecule has 1 aliphatic rings. The molecule has 0 radical (unpaired) electrons. The quantitative estimate of drug-likeness (QED) is 0.613. The van der Waals surface area contributed by atoms with Crippen LogP contribution in [0.2, 0.25) is 5.02 Å². The van der Waals surface area contributed by atoms with E-state index in [-0.39, 0.29) is 24.5 Å². The Bertz CT molecular complexity index is 1000. The molecular formula is C24H30ClN3O5. The molecule has 2 aromatic carbocycles. The van der Waals surface area contributed by atoms with E-state index in [1.54, 1.807) is 48.4 Å². The summed E-state index contributed by atoms with van der Waals surface area (Å²) in [6, 6.07) is 9.89. The summed E-state index contributed by atoms with van der Waals surface area (Å²) in [5, 5.41) is 3.12. The lowest BCUT2D eigenvalue weighted by atomic mass is 9.89. The van der Waals surface area contributed by atoms with E-state index in [9.17, 15) is 9.59 Å². The minimum Gasteiger partial charge on any atom is -0.493 e. The Balaban J connectivity index is 1.96. The van der Waals surface area contributed by atoms with Gasteiger partial charge in [0.2, 0.25) is 0 Å². The minimum absolute atomic E-state index is 0.141. The van der Waals surface area contributed by atoms with Crippen molar-refractivity contribution in [1.82, 2.24) is 4.90 Å². The molecule has 178 valence electrons. The van der Waals surface area contributed by atoms with Gasteiger partial charge in [-0.05, 0) is 54.8 Å². The van der Waals surface area contributed by atoms with Gasteiger partial charge in [-0.15, -0.1) is 0 Å². The summed E-state index contributed by atoms with van der Waals surface area (Å²) in [5.74, 6) is 0.832. The Morgan fingerprint density at radius 1 is 1.06 bits per heavy atom. The molecule has 0 aliphatic heterocycles. The third-order valence-corrected chi connectivity index (χ3v) is 6.26. The van der Waals surface area contributed by atoms with E-state index >= 15 is 0 Å². The van der Waals surface area contributed by atoms with Crippen molar-refractivity contribution in [3.8, 4) is 11.5 Å². The van der Waals surface area contributed by atoms with Gasteiger partial charge in [0.1, 0.15) is 0 Å². The van der Waals surface area contributed by atoms with Gasteiger partial charge in [0.15, 0.2) is 11.5 Å². The number of carbonyl (C=O) groups is 2. The van der Waals surface area contributed by atoms with Crippen LogP contribution in [0.25, 0.3) is 0 Å². The second-order valence-electron chi connectivity index (χ2n) is 7.94. The molecule has 2 aromatic rings. The molecule has 0 aromatic heterocycles. The van der Waals surface area contributed by atoms with E-state index in [1.165, 1.54) is 14.2 Å². The molecule has 0 bridgehead atoms. The molecule has 2 amide bonds. The predicted molar refractivity (Wildman–Crippen MR) is 127 cm³/mol. The van der Waals surface area contributed by atoms with Crippen LogP contribution in [-0.2, 0) is 11.3 Å². The first-order valence-electron chi connectivity index (χ1n) is 10.8. The second-order valence-corrected chi connectivity index (χ2v) is 8.35. The molecule has 8 nitrogen and oxygen atoms in total. The number of nitrogens with one attached hydrogen (secondary N) is 1. The number of methoxy groups -OCH3 is 3. The number of halogens is 1.